The van der Waals surface area contributed by atoms with Crippen LogP contribution in [-0.4, -0.2) is 26.7 Å². The SMILES string of the molecule is CCOc1ccc(C)cc1S(=O)(=O)NCCC(O)c1ccco1. The quantitative estimate of drug-likeness (QED) is 0.771. The van der Waals surface area contributed by atoms with E-state index in [4.69, 9.17) is 9.15 Å². The summed E-state index contributed by atoms with van der Waals surface area (Å²) in [6.45, 7) is 4.07. The van der Waals surface area contributed by atoms with Crippen LogP contribution in [0.2, 0.25) is 0 Å². The van der Waals surface area contributed by atoms with E-state index in [1.54, 1.807) is 37.3 Å². The first-order valence-electron chi connectivity index (χ1n) is 7.38. The Morgan fingerprint density at radius 2 is 2.13 bits per heavy atom. The maximum absolute atomic E-state index is 12.5. The molecule has 2 aromatic rings. The summed E-state index contributed by atoms with van der Waals surface area (Å²) < 4.78 is 37.9. The number of nitrogens with one attached hydrogen (secondary N) is 1. The minimum atomic E-state index is -3.72. The zero-order chi connectivity index (χ0) is 16.9. The van der Waals surface area contributed by atoms with Crippen LogP contribution in [0.4, 0.5) is 0 Å². The number of aryl methyl sites for hydroxylation is 1. The topological polar surface area (TPSA) is 88.8 Å². The van der Waals surface area contributed by atoms with Gasteiger partial charge in [0.25, 0.3) is 0 Å². The van der Waals surface area contributed by atoms with Gasteiger partial charge in [-0.25, -0.2) is 13.1 Å². The highest BCUT2D eigenvalue weighted by atomic mass is 32.2. The summed E-state index contributed by atoms with van der Waals surface area (Å²) in [5.41, 5.74) is 0.824. The number of hydrogen-bond donors (Lipinski definition) is 2. The van der Waals surface area contributed by atoms with Gasteiger partial charge in [-0.2, -0.15) is 0 Å². The maximum atomic E-state index is 12.5. The smallest absolute Gasteiger partial charge is 0.244 e. The van der Waals surface area contributed by atoms with Crippen molar-refractivity contribution < 1.29 is 22.7 Å². The lowest BCUT2D eigenvalue weighted by molar-refractivity contribution is 0.141. The Morgan fingerprint density at radius 3 is 2.78 bits per heavy atom. The maximum Gasteiger partial charge on any atom is 0.244 e. The van der Waals surface area contributed by atoms with Crippen LogP contribution in [0.15, 0.2) is 45.9 Å². The lowest BCUT2D eigenvalue weighted by Crippen LogP contribution is -2.26. The van der Waals surface area contributed by atoms with Crippen LogP contribution >= 0.6 is 0 Å². The van der Waals surface area contributed by atoms with Crippen LogP contribution in [0, 0.1) is 6.92 Å². The molecule has 0 saturated carbocycles. The van der Waals surface area contributed by atoms with Gasteiger partial charge < -0.3 is 14.3 Å². The van der Waals surface area contributed by atoms with Crippen molar-refractivity contribution >= 4 is 10.0 Å². The van der Waals surface area contributed by atoms with Crippen molar-refractivity contribution in [2.45, 2.75) is 31.3 Å². The molecule has 1 unspecified atom stereocenters. The predicted octanol–water partition coefficient (Wildman–Crippen LogP) is 2.39. The molecule has 0 saturated heterocycles. The normalized spacial score (nSPS) is 13.0. The molecule has 23 heavy (non-hydrogen) atoms. The highest BCUT2D eigenvalue weighted by molar-refractivity contribution is 7.89. The average molecular weight is 339 g/mol. The van der Waals surface area contributed by atoms with Gasteiger partial charge >= 0.3 is 0 Å². The van der Waals surface area contributed by atoms with Crippen LogP contribution in [0.5, 0.6) is 5.75 Å². The molecule has 0 aliphatic carbocycles. The number of hydrogen-bond acceptors (Lipinski definition) is 5. The van der Waals surface area contributed by atoms with E-state index < -0.39 is 16.1 Å². The molecule has 7 heteroatoms. The molecule has 0 radical (unpaired) electrons. The molecule has 1 aromatic carbocycles. The lowest BCUT2D eigenvalue weighted by atomic mass is 10.2. The number of ether oxygens (including phenoxy) is 1. The molecule has 0 spiro atoms. The van der Waals surface area contributed by atoms with Gasteiger partial charge in [0.15, 0.2) is 0 Å². The van der Waals surface area contributed by atoms with E-state index in [2.05, 4.69) is 4.72 Å². The summed E-state index contributed by atoms with van der Waals surface area (Å²) >= 11 is 0. The van der Waals surface area contributed by atoms with E-state index in [0.29, 0.717) is 18.1 Å². The van der Waals surface area contributed by atoms with Gasteiger partial charge in [0.05, 0.1) is 12.9 Å². The molecule has 0 aliphatic rings. The highest BCUT2D eigenvalue weighted by Gasteiger charge is 2.20. The minimum absolute atomic E-state index is 0.0870. The summed E-state index contributed by atoms with van der Waals surface area (Å²) in [5, 5.41) is 9.91. The third-order valence-corrected chi connectivity index (χ3v) is 4.75. The molecule has 0 amide bonds. The zero-order valence-corrected chi connectivity index (χ0v) is 14.0. The van der Waals surface area contributed by atoms with Gasteiger partial charge in [0.1, 0.15) is 22.5 Å². The van der Waals surface area contributed by atoms with Crippen LogP contribution in [0.25, 0.3) is 0 Å². The molecule has 0 bridgehead atoms. The molecule has 1 heterocycles. The fraction of sp³-hybridized carbons (Fsp3) is 0.375. The van der Waals surface area contributed by atoms with Gasteiger partial charge in [-0.05, 0) is 50.1 Å². The monoisotopic (exact) mass is 339 g/mol. The van der Waals surface area contributed by atoms with Gasteiger partial charge in [-0.15, -0.1) is 0 Å². The first-order valence-corrected chi connectivity index (χ1v) is 8.87. The van der Waals surface area contributed by atoms with Crippen molar-refractivity contribution in [1.82, 2.24) is 4.72 Å². The standard InChI is InChI=1S/C16H21NO5S/c1-3-21-15-7-6-12(2)11-16(15)23(19,20)17-9-8-13(18)14-5-4-10-22-14/h4-7,10-11,13,17-18H,3,8-9H2,1-2H3. The van der Waals surface area contributed by atoms with Crippen molar-refractivity contribution in [3.63, 3.8) is 0 Å². The Bertz CT molecular complexity index is 725. The van der Waals surface area contributed by atoms with E-state index in [0.717, 1.165) is 5.56 Å². The average Bonchev–Trinajstić information content (AvgIpc) is 3.03. The Balaban J connectivity index is 2.05. The number of furan rings is 1. The first kappa shape index (κ1) is 17.5. The van der Waals surface area contributed by atoms with Gasteiger partial charge in [-0.1, -0.05) is 6.07 Å². The van der Waals surface area contributed by atoms with Crippen LogP contribution in [0.3, 0.4) is 0 Å². The second-order valence-electron chi connectivity index (χ2n) is 5.10. The molecule has 1 atom stereocenters. The van der Waals surface area contributed by atoms with Crippen molar-refractivity contribution in [2.24, 2.45) is 0 Å². The molecule has 1 aromatic heterocycles. The van der Waals surface area contributed by atoms with Crippen LogP contribution in [0.1, 0.15) is 30.8 Å². The second kappa shape index (κ2) is 7.63. The minimum Gasteiger partial charge on any atom is -0.492 e. The first-order chi connectivity index (χ1) is 10.9. The fourth-order valence-corrected chi connectivity index (χ4v) is 3.41. The summed E-state index contributed by atoms with van der Waals surface area (Å²) in [5.74, 6) is 0.729. The van der Waals surface area contributed by atoms with Gasteiger partial charge in [0.2, 0.25) is 10.0 Å². The van der Waals surface area contributed by atoms with Crippen molar-refractivity contribution in [2.75, 3.05) is 13.2 Å². The third kappa shape index (κ3) is 4.57. The summed E-state index contributed by atoms with van der Waals surface area (Å²) in [7, 11) is -3.72. The van der Waals surface area contributed by atoms with E-state index in [1.807, 2.05) is 6.92 Å². The van der Waals surface area contributed by atoms with E-state index >= 15 is 0 Å². The Hall–Kier alpha value is -1.83. The molecule has 6 nitrogen and oxygen atoms in total. The van der Waals surface area contributed by atoms with E-state index in [-0.39, 0.29) is 17.9 Å². The molecule has 126 valence electrons. The Labute approximate surface area is 136 Å². The summed E-state index contributed by atoms with van der Waals surface area (Å²) in [4.78, 5) is 0.104. The number of sulfonamides is 1. The number of rotatable bonds is 8. The molecule has 2 N–H and O–H groups in total. The predicted molar refractivity (Wildman–Crippen MR) is 85.8 cm³/mol. The summed E-state index contributed by atoms with van der Waals surface area (Å²) in [6.07, 6.45) is 0.823. The second-order valence-corrected chi connectivity index (χ2v) is 6.84. The molecular formula is C16H21NO5S. The lowest BCUT2D eigenvalue weighted by Gasteiger charge is -2.13. The van der Waals surface area contributed by atoms with E-state index in [9.17, 15) is 13.5 Å². The largest absolute Gasteiger partial charge is 0.492 e. The third-order valence-electron chi connectivity index (χ3n) is 3.27. The number of aliphatic hydroxyl groups is 1. The molecule has 0 fully saturated rings. The van der Waals surface area contributed by atoms with Crippen molar-refractivity contribution in [3.8, 4) is 5.75 Å². The number of benzene rings is 1. The fourth-order valence-electron chi connectivity index (χ4n) is 2.13. The Morgan fingerprint density at radius 1 is 1.35 bits per heavy atom. The molecule has 0 aliphatic heterocycles. The van der Waals surface area contributed by atoms with Gasteiger partial charge in [-0.3, -0.25) is 0 Å². The van der Waals surface area contributed by atoms with Crippen LogP contribution < -0.4 is 9.46 Å². The highest BCUT2D eigenvalue weighted by Crippen LogP contribution is 2.25. The van der Waals surface area contributed by atoms with Crippen molar-refractivity contribution in [1.29, 1.82) is 0 Å². The van der Waals surface area contributed by atoms with Gasteiger partial charge in [0, 0.05) is 6.54 Å². The Kier molecular flexibility index (Phi) is 5.81. The molecule has 2 rings (SSSR count). The van der Waals surface area contributed by atoms with Crippen molar-refractivity contribution in [3.05, 3.63) is 47.9 Å². The zero-order valence-electron chi connectivity index (χ0n) is 13.2. The number of aliphatic hydroxyl groups excluding tert-OH is 1. The van der Waals surface area contributed by atoms with E-state index in [1.165, 1.54) is 6.26 Å². The van der Waals surface area contributed by atoms with Crippen LogP contribution in [-0.2, 0) is 10.0 Å². The summed E-state index contributed by atoms with van der Waals surface area (Å²) in [6, 6.07) is 8.32. The molecular weight excluding hydrogens is 318 g/mol.